The Morgan fingerprint density at radius 3 is 2.57 bits per heavy atom. The predicted molar refractivity (Wildman–Crippen MR) is 26.1 cm³/mol. The van der Waals surface area contributed by atoms with E-state index in [4.69, 9.17) is 5.84 Å². The van der Waals surface area contributed by atoms with Crippen LogP contribution in [0.5, 0.6) is 0 Å². The smallest absolute Gasteiger partial charge is 0.235 e. The molecule has 0 saturated heterocycles. The van der Waals surface area contributed by atoms with Crippen LogP contribution < -0.4 is 11.3 Å². The van der Waals surface area contributed by atoms with Crippen molar-refractivity contribution in [1.29, 1.82) is 0 Å². The Balaban J connectivity index is 3.00. The molecule has 0 fully saturated rings. The average molecular weight is 101 g/mol. The molecule has 0 aliphatic heterocycles. The summed E-state index contributed by atoms with van der Waals surface area (Å²) in [5.41, 5.74) is 1.78. The van der Waals surface area contributed by atoms with Crippen molar-refractivity contribution in [1.82, 2.24) is 11.3 Å². The number of nitrogens with one attached hydrogen (secondary N) is 2. The lowest BCUT2D eigenvalue weighted by atomic mass is 10.3. The highest BCUT2D eigenvalue weighted by atomic mass is 16.2. The number of amides is 1. The summed E-state index contributed by atoms with van der Waals surface area (Å²) in [5.74, 6) is 6.11. The first kappa shape index (κ1) is 6.43. The van der Waals surface area contributed by atoms with Gasteiger partial charge in [0.15, 0.2) is 0 Å². The van der Waals surface area contributed by atoms with Crippen LogP contribution in [0.4, 0.5) is 0 Å². The van der Waals surface area contributed by atoms with Crippen molar-refractivity contribution in [2.75, 3.05) is 0 Å². The van der Waals surface area contributed by atoms with E-state index >= 15 is 0 Å². The minimum atomic E-state index is -0.206. The highest BCUT2D eigenvalue weighted by Gasteiger charge is 1.91. The maximum Gasteiger partial charge on any atom is 0.235 e. The van der Waals surface area contributed by atoms with Gasteiger partial charge >= 0.3 is 0 Å². The third-order valence-corrected chi connectivity index (χ3v) is 0.616. The van der Waals surface area contributed by atoms with Crippen LogP contribution in [0.25, 0.3) is 0 Å². The summed E-state index contributed by atoms with van der Waals surface area (Å²) in [4.78, 5) is 10.1. The van der Waals surface area contributed by atoms with E-state index in [0.29, 0.717) is 6.42 Å². The fourth-order valence-corrected chi connectivity index (χ4v) is 0.290. The second-order valence-corrected chi connectivity index (χ2v) is 1.30. The molecule has 0 spiro atoms. The van der Waals surface area contributed by atoms with Gasteiger partial charge in [0.2, 0.25) is 5.91 Å². The molecule has 2 N–H and O–H groups in total. The van der Waals surface area contributed by atoms with E-state index in [1.807, 2.05) is 6.92 Å². The van der Waals surface area contributed by atoms with Crippen LogP contribution in [0.15, 0.2) is 0 Å². The molecular weight excluding hydrogens is 92.1 g/mol. The number of hydrogen-bond acceptors (Lipinski definition) is 1. The first-order valence-corrected chi connectivity index (χ1v) is 2.26. The van der Waals surface area contributed by atoms with Crippen LogP contribution in [-0.4, -0.2) is 5.91 Å². The molecule has 0 bridgehead atoms. The van der Waals surface area contributed by atoms with Gasteiger partial charge in [0.05, 0.1) is 0 Å². The Morgan fingerprint density at radius 1 is 1.86 bits per heavy atom. The monoisotopic (exact) mass is 101 g/mol. The van der Waals surface area contributed by atoms with Gasteiger partial charge in [-0.15, -0.1) is 0 Å². The number of hydrogen-bond donors (Lipinski definition) is 1. The molecule has 3 heteroatoms. The molecule has 41 valence electrons. The van der Waals surface area contributed by atoms with Gasteiger partial charge in [-0.05, 0) is 6.42 Å². The van der Waals surface area contributed by atoms with Crippen LogP contribution in [0, 0.1) is 0 Å². The zero-order chi connectivity index (χ0) is 5.70. The summed E-state index contributed by atoms with van der Waals surface area (Å²) in [5, 5.41) is 0. The Kier molecular flexibility index (Phi) is 3.32. The molecule has 3 nitrogen and oxygen atoms in total. The van der Waals surface area contributed by atoms with E-state index in [9.17, 15) is 4.79 Å². The van der Waals surface area contributed by atoms with E-state index in [1.54, 1.807) is 5.43 Å². The summed E-state index contributed by atoms with van der Waals surface area (Å²) in [6.07, 6.45) is 1.27. The minimum Gasteiger partial charge on any atom is -0.277 e. The van der Waals surface area contributed by atoms with E-state index in [0.717, 1.165) is 6.42 Å². The summed E-state index contributed by atoms with van der Waals surface area (Å²) in [6.45, 7) is 1.90. The zero-order valence-electron chi connectivity index (χ0n) is 4.32. The molecule has 0 aromatic carbocycles. The Hall–Kier alpha value is -0.570. The molecule has 0 atom stereocenters. The lowest BCUT2D eigenvalue weighted by Crippen LogP contribution is -2.19. The zero-order valence-corrected chi connectivity index (χ0v) is 4.32. The maximum atomic E-state index is 10.1. The first-order chi connectivity index (χ1) is 3.31. The Morgan fingerprint density at radius 2 is 2.43 bits per heavy atom. The second-order valence-electron chi connectivity index (χ2n) is 1.30. The topological polar surface area (TPSA) is 52.9 Å². The summed E-state index contributed by atoms with van der Waals surface area (Å²) in [6, 6.07) is 0. The standard InChI is InChI=1S/C4H9N2O/c1-2-3-4(7)6-5/h5H,2-3H2,1H3,(H,6,7). The molecule has 0 aromatic rings. The summed E-state index contributed by atoms with van der Waals surface area (Å²) >= 11 is 0. The van der Waals surface area contributed by atoms with E-state index in [1.165, 1.54) is 0 Å². The highest BCUT2D eigenvalue weighted by Crippen LogP contribution is 1.82. The molecule has 1 radical (unpaired) electrons. The third-order valence-electron chi connectivity index (χ3n) is 0.616. The molecule has 0 heterocycles. The van der Waals surface area contributed by atoms with E-state index in [-0.39, 0.29) is 5.91 Å². The summed E-state index contributed by atoms with van der Waals surface area (Å²) in [7, 11) is 0. The van der Waals surface area contributed by atoms with Crippen LogP contribution in [0.3, 0.4) is 0 Å². The van der Waals surface area contributed by atoms with Crippen molar-refractivity contribution in [2.45, 2.75) is 19.8 Å². The van der Waals surface area contributed by atoms with Gasteiger partial charge in [0, 0.05) is 6.42 Å². The largest absolute Gasteiger partial charge is 0.277 e. The van der Waals surface area contributed by atoms with Gasteiger partial charge in [0.25, 0.3) is 0 Å². The fraction of sp³-hybridized carbons (Fsp3) is 0.750. The van der Waals surface area contributed by atoms with Crippen LogP contribution >= 0.6 is 0 Å². The van der Waals surface area contributed by atoms with Crippen LogP contribution in [0.1, 0.15) is 19.8 Å². The molecule has 1 amide bonds. The van der Waals surface area contributed by atoms with Gasteiger partial charge in [-0.2, -0.15) is 5.84 Å². The van der Waals surface area contributed by atoms with Crippen molar-refractivity contribution in [2.24, 2.45) is 0 Å². The van der Waals surface area contributed by atoms with Gasteiger partial charge in [-0.1, -0.05) is 6.92 Å². The maximum absolute atomic E-state index is 10.1. The first-order valence-electron chi connectivity index (χ1n) is 2.26. The third kappa shape index (κ3) is 3.26. The molecule has 0 rings (SSSR count). The van der Waals surface area contributed by atoms with Crippen LogP contribution in [-0.2, 0) is 4.79 Å². The van der Waals surface area contributed by atoms with Gasteiger partial charge < -0.3 is 0 Å². The fourth-order valence-electron chi connectivity index (χ4n) is 0.290. The predicted octanol–water partition coefficient (Wildman–Crippen LogP) is 0.101. The van der Waals surface area contributed by atoms with Crippen LogP contribution in [0.2, 0.25) is 0 Å². The Labute approximate surface area is 42.9 Å². The van der Waals surface area contributed by atoms with Crippen molar-refractivity contribution in [3.05, 3.63) is 0 Å². The van der Waals surface area contributed by atoms with Crippen molar-refractivity contribution in [3.8, 4) is 0 Å². The molecular formula is C4H9N2O. The lowest BCUT2D eigenvalue weighted by molar-refractivity contribution is -0.121. The van der Waals surface area contributed by atoms with E-state index in [2.05, 4.69) is 0 Å². The highest BCUT2D eigenvalue weighted by molar-refractivity contribution is 5.74. The van der Waals surface area contributed by atoms with Crippen molar-refractivity contribution < 1.29 is 4.79 Å². The molecule has 0 aliphatic carbocycles. The Bertz CT molecular complexity index is 62.7. The van der Waals surface area contributed by atoms with Gasteiger partial charge in [0.1, 0.15) is 0 Å². The number of carbonyl (C=O) groups excluding carboxylic acids is 1. The normalized spacial score (nSPS) is 8.29. The second kappa shape index (κ2) is 3.61. The molecule has 0 unspecified atom stereocenters. The molecule has 0 saturated carbocycles. The number of rotatable bonds is 2. The molecule has 0 aromatic heterocycles. The van der Waals surface area contributed by atoms with Crippen molar-refractivity contribution >= 4 is 5.91 Å². The average Bonchev–Trinajstić information content (AvgIpc) is 1.68. The minimum absolute atomic E-state index is 0.206. The molecule has 7 heavy (non-hydrogen) atoms. The van der Waals surface area contributed by atoms with Gasteiger partial charge in [-0.25, -0.2) is 0 Å². The van der Waals surface area contributed by atoms with Gasteiger partial charge in [-0.3, -0.25) is 10.2 Å². The summed E-state index contributed by atoms with van der Waals surface area (Å²) < 4.78 is 0. The quantitative estimate of drug-likeness (QED) is 0.493. The molecule has 0 aliphatic rings. The lowest BCUT2D eigenvalue weighted by Gasteiger charge is -1.89. The SMILES string of the molecule is CCCC(=O)N[NH]. The van der Waals surface area contributed by atoms with Crippen molar-refractivity contribution in [3.63, 3.8) is 0 Å². The van der Waals surface area contributed by atoms with E-state index < -0.39 is 0 Å². The number of carbonyl (C=O) groups is 1.